The lowest BCUT2D eigenvalue weighted by Gasteiger charge is -2.22. The summed E-state index contributed by atoms with van der Waals surface area (Å²) in [5.74, 6) is -0.0220. The molecule has 0 radical (unpaired) electrons. The van der Waals surface area contributed by atoms with Gasteiger partial charge in [-0.2, -0.15) is 5.10 Å². The number of fused-ring (bicyclic) bond motifs is 1. The topological polar surface area (TPSA) is 79.7 Å². The minimum Gasteiger partial charge on any atom is -0.375 e. The predicted molar refractivity (Wildman–Crippen MR) is 102 cm³/mol. The Bertz CT molecular complexity index is 776. The van der Waals surface area contributed by atoms with E-state index in [1.54, 1.807) is 9.80 Å². The van der Waals surface area contributed by atoms with Gasteiger partial charge < -0.3 is 19.9 Å². The second kappa shape index (κ2) is 9.36. The molecule has 1 saturated heterocycles. The molecule has 8 nitrogen and oxygen atoms in total. The SMILES string of the molecule is COCC(=O)N1CCCN(C(=O)NCCCn2ncc3ccccc32)CC1. The monoisotopic (exact) mass is 373 g/mol. The fraction of sp³-hybridized carbons (Fsp3) is 0.526. The first kappa shape index (κ1) is 19.2. The van der Waals surface area contributed by atoms with E-state index in [9.17, 15) is 9.59 Å². The van der Waals surface area contributed by atoms with E-state index >= 15 is 0 Å². The second-order valence-corrected chi connectivity index (χ2v) is 6.67. The third-order valence-corrected chi connectivity index (χ3v) is 4.78. The van der Waals surface area contributed by atoms with Crippen molar-refractivity contribution < 1.29 is 14.3 Å². The van der Waals surface area contributed by atoms with E-state index < -0.39 is 0 Å². The molecule has 0 unspecified atom stereocenters. The van der Waals surface area contributed by atoms with Crippen molar-refractivity contribution in [3.63, 3.8) is 0 Å². The third kappa shape index (κ3) is 4.97. The number of benzene rings is 1. The maximum Gasteiger partial charge on any atom is 0.317 e. The number of nitrogens with zero attached hydrogens (tertiary/aromatic N) is 4. The van der Waals surface area contributed by atoms with Gasteiger partial charge in [-0.3, -0.25) is 9.48 Å². The highest BCUT2D eigenvalue weighted by atomic mass is 16.5. The van der Waals surface area contributed by atoms with Crippen LogP contribution >= 0.6 is 0 Å². The highest BCUT2D eigenvalue weighted by molar-refractivity contribution is 5.78. The number of carbonyl (C=O) groups is 2. The number of carbonyl (C=O) groups excluding carboxylic acids is 2. The van der Waals surface area contributed by atoms with Crippen LogP contribution in [0, 0.1) is 0 Å². The summed E-state index contributed by atoms with van der Waals surface area (Å²) in [5, 5.41) is 8.50. The largest absolute Gasteiger partial charge is 0.375 e. The minimum atomic E-state index is -0.0682. The Morgan fingerprint density at radius 3 is 2.78 bits per heavy atom. The highest BCUT2D eigenvalue weighted by Gasteiger charge is 2.21. The van der Waals surface area contributed by atoms with E-state index in [-0.39, 0.29) is 18.5 Å². The molecule has 8 heteroatoms. The molecular formula is C19H27N5O3. The van der Waals surface area contributed by atoms with Gasteiger partial charge in [0.2, 0.25) is 5.91 Å². The van der Waals surface area contributed by atoms with Crippen LogP contribution in [0.5, 0.6) is 0 Å². The molecule has 2 heterocycles. The maximum absolute atomic E-state index is 12.4. The molecule has 1 fully saturated rings. The second-order valence-electron chi connectivity index (χ2n) is 6.67. The summed E-state index contributed by atoms with van der Waals surface area (Å²) >= 11 is 0. The number of urea groups is 1. The summed E-state index contributed by atoms with van der Waals surface area (Å²) < 4.78 is 6.87. The van der Waals surface area contributed by atoms with Crippen molar-refractivity contribution in [3.05, 3.63) is 30.5 Å². The van der Waals surface area contributed by atoms with Gasteiger partial charge in [-0.15, -0.1) is 0 Å². The smallest absolute Gasteiger partial charge is 0.317 e. The number of aromatic nitrogens is 2. The molecule has 1 N–H and O–H groups in total. The van der Waals surface area contributed by atoms with Crippen LogP contribution in [0.25, 0.3) is 10.9 Å². The van der Waals surface area contributed by atoms with Gasteiger partial charge in [0.05, 0.1) is 11.7 Å². The maximum atomic E-state index is 12.4. The van der Waals surface area contributed by atoms with Gasteiger partial charge >= 0.3 is 6.03 Å². The normalized spacial score (nSPS) is 15.0. The van der Waals surface area contributed by atoms with Crippen LogP contribution in [-0.2, 0) is 16.1 Å². The molecule has 1 aliphatic rings. The van der Waals surface area contributed by atoms with Crippen LogP contribution in [0.2, 0.25) is 0 Å². The van der Waals surface area contributed by atoms with Gasteiger partial charge in [-0.05, 0) is 18.9 Å². The summed E-state index contributed by atoms with van der Waals surface area (Å²) in [6, 6.07) is 8.03. The van der Waals surface area contributed by atoms with Gasteiger partial charge in [0, 0.05) is 51.8 Å². The van der Waals surface area contributed by atoms with Gasteiger partial charge in [-0.1, -0.05) is 18.2 Å². The van der Waals surface area contributed by atoms with Gasteiger partial charge in [0.25, 0.3) is 0 Å². The Morgan fingerprint density at radius 2 is 1.93 bits per heavy atom. The van der Waals surface area contributed by atoms with E-state index in [2.05, 4.69) is 16.5 Å². The molecule has 2 aromatic rings. The van der Waals surface area contributed by atoms with Gasteiger partial charge in [0.15, 0.2) is 0 Å². The fourth-order valence-electron chi connectivity index (χ4n) is 3.32. The molecule has 0 atom stereocenters. The lowest BCUT2D eigenvalue weighted by molar-refractivity contribution is -0.135. The first-order valence-electron chi connectivity index (χ1n) is 9.39. The summed E-state index contributed by atoms with van der Waals surface area (Å²) in [6.07, 6.45) is 3.45. The number of hydrogen-bond donors (Lipinski definition) is 1. The number of nitrogens with one attached hydrogen (secondary N) is 1. The van der Waals surface area contributed by atoms with E-state index in [0.717, 1.165) is 30.3 Å². The minimum absolute atomic E-state index is 0.0220. The first-order chi connectivity index (χ1) is 13.2. The van der Waals surface area contributed by atoms with Crippen LogP contribution in [0.4, 0.5) is 4.79 Å². The van der Waals surface area contributed by atoms with E-state index in [1.165, 1.54) is 7.11 Å². The molecule has 0 saturated carbocycles. The average Bonchev–Trinajstić information content (AvgIpc) is 2.92. The lowest BCUT2D eigenvalue weighted by atomic mass is 10.2. The highest BCUT2D eigenvalue weighted by Crippen LogP contribution is 2.12. The molecule has 3 rings (SSSR count). The Kier molecular flexibility index (Phi) is 6.64. The molecule has 3 amide bonds. The molecule has 0 aliphatic carbocycles. The zero-order valence-corrected chi connectivity index (χ0v) is 15.8. The molecule has 1 aromatic carbocycles. The Hall–Kier alpha value is -2.61. The molecule has 1 aliphatic heterocycles. The number of rotatable bonds is 6. The third-order valence-electron chi connectivity index (χ3n) is 4.78. The molecule has 0 spiro atoms. The van der Waals surface area contributed by atoms with Crippen LogP contribution < -0.4 is 5.32 Å². The summed E-state index contributed by atoms with van der Waals surface area (Å²) in [6.45, 7) is 3.86. The zero-order valence-electron chi connectivity index (χ0n) is 15.8. The molecule has 27 heavy (non-hydrogen) atoms. The van der Waals surface area contributed by atoms with Crippen molar-refractivity contribution in [1.29, 1.82) is 0 Å². The summed E-state index contributed by atoms with van der Waals surface area (Å²) in [5.41, 5.74) is 1.11. The van der Waals surface area contributed by atoms with Crippen LogP contribution in [0.1, 0.15) is 12.8 Å². The average molecular weight is 373 g/mol. The van der Waals surface area contributed by atoms with Crippen LogP contribution in [-0.4, -0.2) is 78.0 Å². The first-order valence-corrected chi connectivity index (χ1v) is 9.39. The Balaban J connectivity index is 1.41. The number of aryl methyl sites for hydroxylation is 1. The standard InChI is InChI=1S/C19H27N5O3/c1-27-15-18(25)22-9-5-10-23(13-12-22)19(26)20-8-4-11-24-17-7-3-2-6-16(17)14-21-24/h2-3,6-7,14H,4-5,8-13,15H2,1H3,(H,20,26). The van der Waals surface area contributed by atoms with Gasteiger partial charge in [-0.25, -0.2) is 4.79 Å². The van der Waals surface area contributed by atoms with Crippen molar-refractivity contribution in [2.45, 2.75) is 19.4 Å². The van der Waals surface area contributed by atoms with E-state index in [4.69, 9.17) is 4.74 Å². The van der Waals surface area contributed by atoms with Crippen LogP contribution in [0.3, 0.4) is 0 Å². The fourth-order valence-corrected chi connectivity index (χ4v) is 3.32. The van der Waals surface area contributed by atoms with Crippen molar-refractivity contribution in [2.75, 3.05) is 46.4 Å². The van der Waals surface area contributed by atoms with E-state index in [1.807, 2.05) is 29.1 Å². The predicted octanol–water partition coefficient (Wildman–Crippen LogP) is 1.32. The van der Waals surface area contributed by atoms with Crippen molar-refractivity contribution in [2.24, 2.45) is 0 Å². The number of hydrogen-bond acceptors (Lipinski definition) is 4. The molecule has 0 bridgehead atoms. The number of amides is 3. The number of para-hydroxylation sites is 1. The van der Waals surface area contributed by atoms with E-state index in [0.29, 0.717) is 32.7 Å². The molecular weight excluding hydrogens is 346 g/mol. The summed E-state index contributed by atoms with van der Waals surface area (Å²) in [7, 11) is 1.52. The number of ether oxygens (including phenoxy) is 1. The van der Waals surface area contributed by atoms with Crippen molar-refractivity contribution >= 4 is 22.8 Å². The summed E-state index contributed by atoms with van der Waals surface area (Å²) in [4.78, 5) is 27.9. The Labute approximate surface area is 159 Å². The van der Waals surface area contributed by atoms with Crippen LogP contribution in [0.15, 0.2) is 30.5 Å². The van der Waals surface area contributed by atoms with Crippen molar-refractivity contribution in [3.8, 4) is 0 Å². The quantitative estimate of drug-likeness (QED) is 0.775. The Morgan fingerprint density at radius 1 is 1.15 bits per heavy atom. The molecule has 1 aromatic heterocycles. The zero-order chi connectivity index (χ0) is 19.1. The molecule has 146 valence electrons. The van der Waals surface area contributed by atoms with Gasteiger partial charge in [0.1, 0.15) is 6.61 Å². The number of methoxy groups -OCH3 is 1. The lowest BCUT2D eigenvalue weighted by Crippen LogP contribution is -2.43. The van der Waals surface area contributed by atoms with Crippen molar-refractivity contribution in [1.82, 2.24) is 24.9 Å².